The van der Waals surface area contributed by atoms with Gasteiger partial charge in [-0.1, -0.05) is 0 Å². The highest BCUT2D eigenvalue weighted by Crippen LogP contribution is 1.96. The van der Waals surface area contributed by atoms with Crippen LogP contribution >= 0.6 is 12.2 Å². The summed E-state index contributed by atoms with van der Waals surface area (Å²) in [6.07, 6.45) is 1.04. The third-order valence-corrected chi connectivity index (χ3v) is 1.21. The van der Waals surface area contributed by atoms with E-state index >= 15 is 0 Å². The van der Waals surface area contributed by atoms with Crippen molar-refractivity contribution in [3.05, 3.63) is 0 Å². The van der Waals surface area contributed by atoms with Crippen LogP contribution < -0.4 is 0 Å². The highest BCUT2D eigenvalue weighted by atomic mass is 32.1. The van der Waals surface area contributed by atoms with E-state index < -0.39 is 0 Å². The molecule has 0 aliphatic rings. The van der Waals surface area contributed by atoms with Gasteiger partial charge in [-0.15, -0.1) is 0 Å². The molecule has 4 heteroatoms. The van der Waals surface area contributed by atoms with Gasteiger partial charge in [0.2, 0.25) is 0 Å². The zero-order chi connectivity index (χ0) is 9.40. The van der Waals surface area contributed by atoms with Crippen molar-refractivity contribution in [2.45, 2.75) is 32.8 Å². The molecule has 68 valence electrons. The zero-order valence-corrected chi connectivity index (χ0v) is 8.19. The smallest absolute Gasteiger partial charge is 0.306 e. The summed E-state index contributed by atoms with van der Waals surface area (Å²) in [4.78, 5) is 14.6. The molecule has 0 aliphatic heterocycles. The van der Waals surface area contributed by atoms with Crippen LogP contribution in [0, 0.1) is 0 Å². The number of hydrogen-bond acceptors (Lipinski definition) is 4. The molecular weight excluding hydrogens is 174 g/mol. The van der Waals surface area contributed by atoms with Crippen molar-refractivity contribution in [3.63, 3.8) is 0 Å². The second-order valence-corrected chi connectivity index (χ2v) is 2.80. The van der Waals surface area contributed by atoms with Crippen LogP contribution in [0.5, 0.6) is 0 Å². The third kappa shape index (κ3) is 7.38. The predicted molar refractivity (Wildman–Crippen MR) is 50.4 cm³/mol. The Balaban J connectivity index is 3.37. The van der Waals surface area contributed by atoms with Gasteiger partial charge in [0, 0.05) is 13.0 Å². The van der Waals surface area contributed by atoms with Crippen LogP contribution in [0.1, 0.15) is 26.7 Å². The van der Waals surface area contributed by atoms with Crippen LogP contribution in [-0.4, -0.2) is 23.8 Å². The molecular formula is C8H13NO2S. The molecule has 0 aromatic rings. The molecule has 0 aromatic heterocycles. The quantitative estimate of drug-likeness (QED) is 0.285. The van der Waals surface area contributed by atoms with Gasteiger partial charge in [0.15, 0.2) is 0 Å². The molecule has 0 radical (unpaired) electrons. The lowest BCUT2D eigenvalue weighted by molar-refractivity contribution is -0.147. The van der Waals surface area contributed by atoms with Crippen LogP contribution in [0.3, 0.4) is 0 Å². The first-order valence-corrected chi connectivity index (χ1v) is 4.30. The Hall–Kier alpha value is -0.730. The Morgan fingerprint density at radius 2 is 2.33 bits per heavy atom. The lowest BCUT2D eigenvalue weighted by Crippen LogP contribution is -2.11. The molecule has 0 aromatic carbocycles. The van der Waals surface area contributed by atoms with E-state index in [4.69, 9.17) is 4.74 Å². The third-order valence-electron chi connectivity index (χ3n) is 1.08. The number of hydrogen-bond donors (Lipinski definition) is 0. The zero-order valence-electron chi connectivity index (χ0n) is 7.37. The molecule has 0 N–H and O–H groups in total. The fourth-order valence-electron chi connectivity index (χ4n) is 0.670. The number of ether oxygens (including phenoxy) is 1. The Morgan fingerprint density at radius 1 is 1.67 bits per heavy atom. The minimum atomic E-state index is -0.176. The summed E-state index contributed by atoms with van der Waals surface area (Å²) >= 11 is 4.37. The van der Waals surface area contributed by atoms with Gasteiger partial charge >= 0.3 is 5.97 Å². The van der Waals surface area contributed by atoms with Gasteiger partial charge in [0.05, 0.1) is 11.3 Å². The van der Waals surface area contributed by atoms with E-state index in [1.54, 1.807) is 0 Å². The topological polar surface area (TPSA) is 38.7 Å². The number of thiocarbonyl (C=S) groups is 1. The first kappa shape index (κ1) is 11.3. The van der Waals surface area contributed by atoms with Crippen molar-refractivity contribution in [3.8, 4) is 0 Å². The van der Waals surface area contributed by atoms with Crippen LogP contribution in [0.25, 0.3) is 0 Å². The van der Waals surface area contributed by atoms with Gasteiger partial charge in [-0.3, -0.25) is 4.79 Å². The van der Waals surface area contributed by atoms with Crippen molar-refractivity contribution in [1.29, 1.82) is 0 Å². The van der Waals surface area contributed by atoms with Crippen molar-refractivity contribution >= 4 is 23.3 Å². The van der Waals surface area contributed by atoms with Crippen molar-refractivity contribution in [1.82, 2.24) is 0 Å². The van der Waals surface area contributed by atoms with Crippen molar-refractivity contribution in [2.75, 3.05) is 6.54 Å². The van der Waals surface area contributed by atoms with Gasteiger partial charge in [-0.25, -0.2) is 4.99 Å². The highest BCUT2D eigenvalue weighted by Gasteiger charge is 2.03. The van der Waals surface area contributed by atoms with E-state index in [0.29, 0.717) is 19.4 Å². The van der Waals surface area contributed by atoms with E-state index in [0.717, 1.165) is 0 Å². The van der Waals surface area contributed by atoms with E-state index in [-0.39, 0.29) is 12.1 Å². The molecule has 0 aliphatic carbocycles. The van der Waals surface area contributed by atoms with Crippen molar-refractivity contribution < 1.29 is 9.53 Å². The summed E-state index contributed by atoms with van der Waals surface area (Å²) < 4.78 is 4.90. The maximum Gasteiger partial charge on any atom is 0.306 e. The molecule has 12 heavy (non-hydrogen) atoms. The second kappa shape index (κ2) is 6.95. The Morgan fingerprint density at radius 3 is 2.83 bits per heavy atom. The molecule has 0 unspecified atom stereocenters. The fraction of sp³-hybridized carbons (Fsp3) is 0.750. The molecule has 0 amide bonds. The van der Waals surface area contributed by atoms with Crippen LogP contribution in [0.15, 0.2) is 4.99 Å². The van der Waals surface area contributed by atoms with Crippen molar-refractivity contribution in [2.24, 2.45) is 4.99 Å². The SMILES string of the molecule is CC(C)OC(=O)CCCN=C=S. The molecule has 0 saturated carbocycles. The van der Waals surface area contributed by atoms with Gasteiger partial charge < -0.3 is 4.74 Å². The minimum absolute atomic E-state index is 0.0356. The number of nitrogens with zero attached hydrogens (tertiary/aromatic N) is 1. The highest BCUT2D eigenvalue weighted by molar-refractivity contribution is 7.78. The normalized spacial score (nSPS) is 9.25. The van der Waals surface area contributed by atoms with E-state index in [2.05, 4.69) is 22.4 Å². The molecule has 0 spiro atoms. The first-order valence-electron chi connectivity index (χ1n) is 3.90. The van der Waals surface area contributed by atoms with Gasteiger partial charge in [0.25, 0.3) is 0 Å². The van der Waals surface area contributed by atoms with E-state index in [9.17, 15) is 4.79 Å². The van der Waals surface area contributed by atoms with Crippen LogP contribution in [-0.2, 0) is 9.53 Å². The number of carbonyl (C=O) groups is 1. The predicted octanol–water partition coefficient (Wildman–Crippen LogP) is 1.82. The van der Waals surface area contributed by atoms with E-state index in [1.165, 1.54) is 0 Å². The summed E-state index contributed by atoms with van der Waals surface area (Å²) in [6.45, 7) is 4.21. The van der Waals surface area contributed by atoms with Gasteiger partial charge in [-0.05, 0) is 32.5 Å². The van der Waals surface area contributed by atoms with E-state index in [1.807, 2.05) is 13.8 Å². The largest absolute Gasteiger partial charge is 0.463 e. The average molecular weight is 187 g/mol. The maximum absolute atomic E-state index is 10.9. The van der Waals surface area contributed by atoms with Crippen LogP contribution in [0.2, 0.25) is 0 Å². The number of carbonyl (C=O) groups excluding carboxylic acids is 1. The van der Waals surface area contributed by atoms with Crippen LogP contribution in [0.4, 0.5) is 0 Å². The second-order valence-electron chi connectivity index (χ2n) is 2.62. The summed E-state index contributed by atoms with van der Waals surface area (Å²) in [5.74, 6) is -0.176. The number of aliphatic imine (C=N–C) groups is 1. The summed E-state index contributed by atoms with van der Waals surface area (Å²) in [6, 6.07) is 0. The Labute approximate surface area is 77.8 Å². The van der Waals surface area contributed by atoms with Gasteiger partial charge in [0.1, 0.15) is 0 Å². The first-order chi connectivity index (χ1) is 5.66. The molecule has 0 atom stereocenters. The minimum Gasteiger partial charge on any atom is -0.463 e. The standard InChI is InChI=1S/C8H13NO2S/c1-7(2)11-8(10)4-3-5-9-6-12/h7H,3-5H2,1-2H3. The number of isothiocyanates is 1. The summed E-state index contributed by atoms with van der Waals surface area (Å²) in [7, 11) is 0. The molecule has 0 heterocycles. The lowest BCUT2D eigenvalue weighted by atomic mass is 10.3. The summed E-state index contributed by atoms with van der Waals surface area (Å²) in [5, 5.41) is 2.24. The average Bonchev–Trinajstić information content (AvgIpc) is 1.97. The number of rotatable bonds is 5. The molecule has 3 nitrogen and oxygen atoms in total. The molecule has 0 bridgehead atoms. The Kier molecular flexibility index (Phi) is 6.53. The summed E-state index contributed by atoms with van der Waals surface area (Å²) in [5.41, 5.74) is 0. The molecule has 0 saturated heterocycles. The monoisotopic (exact) mass is 187 g/mol. The lowest BCUT2D eigenvalue weighted by Gasteiger charge is -2.06. The molecule has 0 rings (SSSR count). The number of esters is 1. The molecule has 0 fully saturated rings. The fourth-order valence-corrected chi connectivity index (χ4v) is 0.761. The Bertz CT molecular complexity index is 185. The van der Waals surface area contributed by atoms with Gasteiger partial charge in [-0.2, -0.15) is 0 Å². The maximum atomic E-state index is 10.9.